The van der Waals surface area contributed by atoms with Gasteiger partial charge in [0.1, 0.15) is 0 Å². The van der Waals surface area contributed by atoms with E-state index >= 15 is 0 Å². The van der Waals surface area contributed by atoms with Crippen molar-refractivity contribution in [2.45, 2.75) is 31.7 Å². The van der Waals surface area contributed by atoms with Crippen LogP contribution in [0.1, 0.15) is 36.2 Å². The van der Waals surface area contributed by atoms with E-state index in [1.807, 2.05) is 10.9 Å². The standard InChI is InChI=1S/C20H23N5O4/c1-12-7-14(8-17-16(12)9-21-25(17)15-10-28-11-15)19-22-18(23-29-19)13-3-5-24(6-4-13)20(26)27-2/h7-9,13,15H,3-6,10-11H2,1-2H3. The number of methoxy groups -OCH3 is 1. The molecule has 3 aromatic rings. The van der Waals surface area contributed by atoms with E-state index in [9.17, 15) is 4.79 Å². The second-order valence-corrected chi connectivity index (χ2v) is 7.70. The van der Waals surface area contributed by atoms with Gasteiger partial charge in [0.15, 0.2) is 5.82 Å². The molecule has 2 saturated heterocycles. The van der Waals surface area contributed by atoms with Gasteiger partial charge in [0.2, 0.25) is 0 Å². The topological polar surface area (TPSA) is 95.5 Å². The number of fused-ring (bicyclic) bond motifs is 1. The van der Waals surface area contributed by atoms with Crippen LogP contribution in [0.4, 0.5) is 4.79 Å². The molecule has 1 amide bonds. The molecule has 0 spiro atoms. The number of aryl methyl sites for hydroxylation is 1. The number of carbonyl (C=O) groups is 1. The van der Waals surface area contributed by atoms with Crippen molar-refractivity contribution in [3.63, 3.8) is 0 Å². The zero-order valence-electron chi connectivity index (χ0n) is 16.5. The fourth-order valence-electron chi connectivity index (χ4n) is 4.07. The van der Waals surface area contributed by atoms with Gasteiger partial charge in [-0.3, -0.25) is 4.68 Å². The molecule has 1 aromatic carbocycles. The number of nitrogens with zero attached hydrogens (tertiary/aromatic N) is 5. The Labute approximate surface area is 167 Å². The zero-order valence-corrected chi connectivity index (χ0v) is 16.5. The van der Waals surface area contributed by atoms with Gasteiger partial charge in [-0.25, -0.2) is 4.79 Å². The third-order valence-electron chi connectivity index (χ3n) is 5.87. The van der Waals surface area contributed by atoms with E-state index < -0.39 is 0 Å². The number of benzene rings is 1. The molecule has 2 aromatic heterocycles. The number of piperidine rings is 1. The quantitative estimate of drug-likeness (QED) is 0.670. The second kappa shape index (κ2) is 7.14. The number of amides is 1. The second-order valence-electron chi connectivity index (χ2n) is 7.70. The predicted molar refractivity (Wildman–Crippen MR) is 104 cm³/mol. The highest BCUT2D eigenvalue weighted by molar-refractivity contribution is 5.86. The van der Waals surface area contributed by atoms with Gasteiger partial charge in [0.25, 0.3) is 5.89 Å². The maximum Gasteiger partial charge on any atom is 0.409 e. The monoisotopic (exact) mass is 397 g/mol. The van der Waals surface area contributed by atoms with E-state index in [0.717, 1.165) is 34.9 Å². The first-order valence-electron chi connectivity index (χ1n) is 9.86. The Hall–Kier alpha value is -2.94. The summed E-state index contributed by atoms with van der Waals surface area (Å²) >= 11 is 0. The Morgan fingerprint density at radius 2 is 2.03 bits per heavy atom. The first kappa shape index (κ1) is 18.1. The number of aromatic nitrogens is 4. The SMILES string of the molecule is COC(=O)N1CCC(c2noc(-c3cc(C)c4cnn(C5COC5)c4c3)n2)CC1. The summed E-state index contributed by atoms with van der Waals surface area (Å²) in [5.41, 5.74) is 3.07. The fourth-order valence-corrected chi connectivity index (χ4v) is 4.07. The predicted octanol–water partition coefficient (Wildman–Crippen LogP) is 2.91. The van der Waals surface area contributed by atoms with E-state index in [2.05, 4.69) is 34.3 Å². The first-order valence-corrected chi connectivity index (χ1v) is 9.86. The molecule has 0 radical (unpaired) electrons. The Kier molecular flexibility index (Phi) is 4.46. The van der Waals surface area contributed by atoms with Crippen molar-refractivity contribution < 1.29 is 18.8 Å². The van der Waals surface area contributed by atoms with Crippen LogP contribution in [0.5, 0.6) is 0 Å². The minimum Gasteiger partial charge on any atom is -0.453 e. The molecule has 9 nitrogen and oxygen atoms in total. The Bertz CT molecular complexity index is 1050. The van der Waals surface area contributed by atoms with E-state index in [1.54, 1.807) is 4.90 Å². The van der Waals surface area contributed by atoms with Crippen molar-refractivity contribution >= 4 is 17.0 Å². The normalized spacial score (nSPS) is 18.2. The van der Waals surface area contributed by atoms with Crippen LogP contribution in [-0.2, 0) is 9.47 Å². The van der Waals surface area contributed by atoms with Crippen molar-refractivity contribution in [3.05, 3.63) is 29.7 Å². The highest BCUT2D eigenvalue weighted by atomic mass is 16.5. The molecule has 4 heterocycles. The lowest BCUT2D eigenvalue weighted by Crippen LogP contribution is -2.37. The minimum absolute atomic E-state index is 0.177. The van der Waals surface area contributed by atoms with Gasteiger partial charge in [-0.1, -0.05) is 5.16 Å². The van der Waals surface area contributed by atoms with Gasteiger partial charge >= 0.3 is 6.09 Å². The highest BCUT2D eigenvalue weighted by Gasteiger charge is 2.28. The number of likely N-dealkylation sites (tertiary alicyclic amines) is 1. The molecule has 0 atom stereocenters. The van der Waals surface area contributed by atoms with Crippen LogP contribution in [-0.4, -0.2) is 64.3 Å². The summed E-state index contributed by atoms with van der Waals surface area (Å²) in [5.74, 6) is 1.39. The molecular formula is C20H23N5O4. The van der Waals surface area contributed by atoms with Crippen LogP contribution in [0.15, 0.2) is 22.9 Å². The summed E-state index contributed by atoms with van der Waals surface area (Å²) in [6.45, 7) is 4.71. The summed E-state index contributed by atoms with van der Waals surface area (Å²) in [6, 6.07) is 4.40. The molecule has 2 aliphatic heterocycles. The first-order chi connectivity index (χ1) is 14.1. The van der Waals surface area contributed by atoms with Gasteiger partial charge < -0.3 is 18.9 Å². The molecule has 0 aliphatic carbocycles. The number of carbonyl (C=O) groups excluding carboxylic acids is 1. The highest BCUT2D eigenvalue weighted by Crippen LogP contribution is 2.32. The van der Waals surface area contributed by atoms with Gasteiger partial charge in [-0.05, 0) is 37.5 Å². The third-order valence-corrected chi connectivity index (χ3v) is 5.87. The molecule has 0 unspecified atom stereocenters. The van der Waals surface area contributed by atoms with E-state index in [4.69, 9.17) is 14.0 Å². The summed E-state index contributed by atoms with van der Waals surface area (Å²) in [6.07, 6.45) is 3.21. The van der Waals surface area contributed by atoms with Gasteiger partial charge in [0, 0.05) is 30.0 Å². The van der Waals surface area contributed by atoms with Crippen molar-refractivity contribution in [1.82, 2.24) is 24.8 Å². The number of rotatable bonds is 3. The summed E-state index contributed by atoms with van der Waals surface area (Å²) < 4.78 is 17.7. The maximum atomic E-state index is 11.7. The molecule has 5 rings (SSSR count). The molecule has 152 valence electrons. The minimum atomic E-state index is -0.283. The number of hydrogen-bond donors (Lipinski definition) is 0. The third kappa shape index (κ3) is 3.15. The van der Waals surface area contributed by atoms with Crippen LogP contribution < -0.4 is 0 Å². The average molecular weight is 397 g/mol. The number of ether oxygens (including phenoxy) is 2. The molecule has 0 bridgehead atoms. The van der Waals surface area contributed by atoms with Crippen LogP contribution in [0, 0.1) is 6.92 Å². The van der Waals surface area contributed by atoms with Gasteiger partial charge in [0.05, 0.1) is 38.1 Å². The molecule has 2 fully saturated rings. The summed E-state index contributed by atoms with van der Waals surface area (Å²) in [7, 11) is 1.41. The average Bonchev–Trinajstić information content (AvgIpc) is 3.34. The Balaban J connectivity index is 1.39. The molecular weight excluding hydrogens is 374 g/mol. The summed E-state index contributed by atoms with van der Waals surface area (Å²) in [4.78, 5) is 18.0. The lowest BCUT2D eigenvalue weighted by Gasteiger charge is -2.29. The largest absolute Gasteiger partial charge is 0.453 e. The number of hydrogen-bond acceptors (Lipinski definition) is 7. The molecule has 2 aliphatic rings. The van der Waals surface area contributed by atoms with Crippen molar-refractivity contribution in [3.8, 4) is 11.5 Å². The van der Waals surface area contributed by atoms with Crippen molar-refractivity contribution in [1.29, 1.82) is 0 Å². The fraction of sp³-hybridized carbons (Fsp3) is 0.500. The van der Waals surface area contributed by atoms with Crippen LogP contribution in [0.25, 0.3) is 22.4 Å². The Morgan fingerprint density at radius 3 is 2.72 bits per heavy atom. The van der Waals surface area contributed by atoms with Crippen LogP contribution in [0.3, 0.4) is 0 Å². The zero-order chi connectivity index (χ0) is 20.0. The van der Waals surface area contributed by atoms with E-state index in [-0.39, 0.29) is 18.1 Å². The van der Waals surface area contributed by atoms with Crippen molar-refractivity contribution in [2.24, 2.45) is 0 Å². The smallest absolute Gasteiger partial charge is 0.409 e. The summed E-state index contributed by atoms with van der Waals surface area (Å²) in [5, 5.41) is 9.89. The molecule has 0 N–H and O–H groups in total. The lowest BCUT2D eigenvalue weighted by molar-refractivity contribution is -0.0266. The molecule has 9 heteroatoms. The Morgan fingerprint density at radius 1 is 1.24 bits per heavy atom. The van der Waals surface area contributed by atoms with Crippen LogP contribution >= 0.6 is 0 Å². The lowest BCUT2D eigenvalue weighted by atomic mass is 9.96. The van der Waals surface area contributed by atoms with Crippen LogP contribution in [0.2, 0.25) is 0 Å². The van der Waals surface area contributed by atoms with Gasteiger partial charge in [-0.2, -0.15) is 10.1 Å². The van der Waals surface area contributed by atoms with Gasteiger partial charge in [-0.15, -0.1) is 0 Å². The molecule has 0 saturated carbocycles. The molecule has 29 heavy (non-hydrogen) atoms. The van der Waals surface area contributed by atoms with E-state index in [0.29, 0.717) is 38.0 Å². The van der Waals surface area contributed by atoms with Crippen molar-refractivity contribution in [2.75, 3.05) is 33.4 Å². The maximum absolute atomic E-state index is 11.7. The van der Waals surface area contributed by atoms with E-state index in [1.165, 1.54) is 7.11 Å².